The van der Waals surface area contributed by atoms with E-state index in [2.05, 4.69) is 6.92 Å². The van der Waals surface area contributed by atoms with Crippen LogP contribution in [-0.2, 0) is 4.74 Å². The SMILES string of the molecule is CCCOCC.O=C(c1ccccc1)C(O)c1ccccc1. The normalized spacial score (nSPS) is 11.2. The number of benzene rings is 2. The van der Waals surface area contributed by atoms with E-state index in [0.717, 1.165) is 19.6 Å². The summed E-state index contributed by atoms with van der Waals surface area (Å²) in [4.78, 5) is 11.9. The van der Waals surface area contributed by atoms with Crippen molar-refractivity contribution in [2.45, 2.75) is 26.4 Å². The summed E-state index contributed by atoms with van der Waals surface area (Å²) in [7, 11) is 0. The number of rotatable bonds is 6. The molecule has 3 heteroatoms. The number of aliphatic hydroxyl groups is 1. The van der Waals surface area contributed by atoms with Gasteiger partial charge >= 0.3 is 0 Å². The van der Waals surface area contributed by atoms with E-state index in [4.69, 9.17) is 4.74 Å². The Labute approximate surface area is 132 Å². The third-order valence-corrected chi connectivity index (χ3v) is 2.97. The van der Waals surface area contributed by atoms with Crippen LogP contribution >= 0.6 is 0 Å². The summed E-state index contributed by atoms with van der Waals surface area (Å²) in [5.74, 6) is -0.271. The fraction of sp³-hybridized carbons (Fsp3) is 0.316. The second-order valence-corrected chi connectivity index (χ2v) is 4.74. The van der Waals surface area contributed by atoms with E-state index < -0.39 is 6.10 Å². The van der Waals surface area contributed by atoms with Crippen molar-refractivity contribution in [1.82, 2.24) is 0 Å². The second-order valence-electron chi connectivity index (χ2n) is 4.74. The number of carbonyl (C=O) groups is 1. The first-order valence-corrected chi connectivity index (χ1v) is 7.60. The highest BCUT2D eigenvalue weighted by molar-refractivity contribution is 5.99. The first kappa shape index (κ1) is 18.1. The molecule has 0 aliphatic carbocycles. The Morgan fingerprint density at radius 2 is 1.55 bits per heavy atom. The highest BCUT2D eigenvalue weighted by Gasteiger charge is 2.18. The van der Waals surface area contributed by atoms with Crippen molar-refractivity contribution >= 4 is 5.78 Å². The molecular formula is C19H24O3. The lowest BCUT2D eigenvalue weighted by Crippen LogP contribution is -2.11. The van der Waals surface area contributed by atoms with Crippen LogP contribution in [0.4, 0.5) is 0 Å². The monoisotopic (exact) mass is 300 g/mol. The van der Waals surface area contributed by atoms with Gasteiger partial charge in [0.05, 0.1) is 0 Å². The van der Waals surface area contributed by atoms with Gasteiger partial charge < -0.3 is 9.84 Å². The Morgan fingerprint density at radius 3 is 2.00 bits per heavy atom. The van der Waals surface area contributed by atoms with E-state index in [0.29, 0.717) is 11.1 Å². The summed E-state index contributed by atoms with van der Waals surface area (Å²) in [6.07, 6.45) is 0.0528. The Kier molecular flexibility index (Phi) is 8.80. The fourth-order valence-corrected chi connectivity index (χ4v) is 1.84. The van der Waals surface area contributed by atoms with Gasteiger partial charge in [-0.15, -0.1) is 0 Å². The van der Waals surface area contributed by atoms with Crippen molar-refractivity contribution in [3.05, 3.63) is 71.8 Å². The minimum absolute atomic E-state index is 0.271. The van der Waals surface area contributed by atoms with Gasteiger partial charge in [-0.25, -0.2) is 0 Å². The average molecular weight is 300 g/mol. The van der Waals surface area contributed by atoms with E-state index in [1.165, 1.54) is 0 Å². The highest BCUT2D eigenvalue weighted by Crippen LogP contribution is 2.17. The molecule has 2 aromatic rings. The molecule has 0 aliphatic heterocycles. The molecule has 0 heterocycles. The molecule has 0 saturated heterocycles. The molecule has 2 rings (SSSR count). The summed E-state index contributed by atoms with van der Waals surface area (Å²) < 4.78 is 4.98. The van der Waals surface area contributed by atoms with Crippen LogP contribution in [0.25, 0.3) is 0 Å². The zero-order valence-corrected chi connectivity index (χ0v) is 13.2. The maximum Gasteiger partial charge on any atom is 0.195 e. The van der Waals surface area contributed by atoms with Crippen LogP contribution in [0.1, 0.15) is 42.3 Å². The van der Waals surface area contributed by atoms with Crippen molar-refractivity contribution in [1.29, 1.82) is 0 Å². The van der Waals surface area contributed by atoms with Crippen LogP contribution in [0.2, 0.25) is 0 Å². The van der Waals surface area contributed by atoms with Crippen molar-refractivity contribution in [3.63, 3.8) is 0 Å². The molecule has 0 saturated carbocycles. The molecule has 0 aromatic heterocycles. The van der Waals surface area contributed by atoms with Crippen molar-refractivity contribution in [2.75, 3.05) is 13.2 Å². The van der Waals surface area contributed by atoms with Gasteiger partial charge in [-0.2, -0.15) is 0 Å². The molecule has 0 aliphatic rings. The molecule has 2 aromatic carbocycles. The minimum Gasteiger partial charge on any atom is -0.382 e. The van der Waals surface area contributed by atoms with Gasteiger partial charge in [0.1, 0.15) is 6.10 Å². The predicted octanol–water partition coefficient (Wildman–Crippen LogP) is 4.04. The molecule has 0 bridgehead atoms. The maximum absolute atomic E-state index is 11.9. The number of ketones is 1. The Balaban J connectivity index is 0.000000346. The third kappa shape index (κ3) is 6.20. The van der Waals surface area contributed by atoms with Crippen LogP contribution in [0, 0.1) is 0 Å². The standard InChI is InChI=1S/C14H12O2.C5H12O/c15-13(11-7-3-1-4-8-11)14(16)12-9-5-2-6-10-12;1-3-5-6-4-2/h1-10,13,15H;3-5H2,1-2H3. The number of carbonyl (C=O) groups excluding carboxylic acids is 1. The Hall–Kier alpha value is -1.97. The van der Waals surface area contributed by atoms with Gasteiger partial charge in [-0.3, -0.25) is 4.79 Å². The topological polar surface area (TPSA) is 46.5 Å². The van der Waals surface area contributed by atoms with Crippen molar-refractivity contribution in [2.24, 2.45) is 0 Å². The Morgan fingerprint density at radius 1 is 1.00 bits per heavy atom. The van der Waals surface area contributed by atoms with Crippen LogP contribution in [-0.4, -0.2) is 24.1 Å². The summed E-state index contributed by atoms with van der Waals surface area (Å²) in [6, 6.07) is 17.7. The predicted molar refractivity (Wildman–Crippen MR) is 89.0 cm³/mol. The Bertz CT molecular complexity index is 519. The average Bonchev–Trinajstić information content (AvgIpc) is 2.60. The van der Waals surface area contributed by atoms with Gasteiger partial charge in [0.25, 0.3) is 0 Å². The largest absolute Gasteiger partial charge is 0.382 e. The highest BCUT2D eigenvalue weighted by atomic mass is 16.5. The van der Waals surface area contributed by atoms with E-state index >= 15 is 0 Å². The molecule has 3 nitrogen and oxygen atoms in total. The van der Waals surface area contributed by atoms with Crippen LogP contribution in [0.3, 0.4) is 0 Å². The summed E-state index contributed by atoms with van der Waals surface area (Å²) in [5, 5.41) is 9.89. The molecule has 1 unspecified atom stereocenters. The number of hydrogen-bond donors (Lipinski definition) is 1. The number of ether oxygens (including phenoxy) is 1. The summed E-state index contributed by atoms with van der Waals surface area (Å²) >= 11 is 0. The molecule has 22 heavy (non-hydrogen) atoms. The van der Waals surface area contributed by atoms with Crippen molar-refractivity contribution < 1.29 is 14.6 Å². The first-order valence-electron chi connectivity index (χ1n) is 7.60. The molecule has 118 valence electrons. The second kappa shape index (κ2) is 10.7. The lowest BCUT2D eigenvalue weighted by molar-refractivity contribution is 0.0747. The lowest BCUT2D eigenvalue weighted by atomic mass is 10.0. The van der Waals surface area contributed by atoms with Crippen LogP contribution in [0.5, 0.6) is 0 Å². The zero-order chi connectivity index (χ0) is 16.2. The van der Waals surface area contributed by atoms with Crippen LogP contribution < -0.4 is 0 Å². The number of aliphatic hydroxyl groups excluding tert-OH is 1. The van der Waals surface area contributed by atoms with Gasteiger partial charge in [-0.05, 0) is 18.9 Å². The minimum atomic E-state index is -1.08. The molecule has 0 radical (unpaired) electrons. The lowest BCUT2D eigenvalue weighted by Gasteiger charge is -2.09. The van der Waals surface area contributed by atoms with E-state index in [9.17, 15) is 9.90 Å². The van der Waals surface area contributed by atoms with E-state index in [-0.39, 0.29) is 5.78 Å². The van der Waals surface area contributed by atoms with Gasteiger partial charge in [-0.1, -0.05) is 67.6 Å². The van der Waals surface area contributed by atoms with Crippen molar-refractivity contribution in [3.8, 4) is 0 Å². The zero-order valence-electron chi connectivity index (χ0n) is 13.2. The molecule has 0 amide bonds. The smallest absolute Gasteiger partial charge is 0.195 e. The van der Waals surface area contributed by atoms with Crippen LogP contribution in [0.15, 0.2) is 60.7 Å². The van der Waals surface area contributed by atoms with Gasteiger partial charge in [0.15, 0.2) is 5.78 Å². The van der Waals surface area contributed by atoms with Gasteiger partial charge in [0, 0.05) is 18.8 Å². The third-order valence-electron chi connectivity index (χ3n) is 2.97. The molecule has 1 N–H and O–H groups in total. The molecule has 1 atom stereocenters. The quantitative estimate of drug-likeness (QED) is 0.647. The molecular weight excluding hydrogens is 276 g/mol. The fourth-order valence-electron chi connectivity index (χ4n) is 1.84. The van der Waals surface area contributed by atoms with E-state index in [1.807, 2.05) is 19.1 Å². The number of Topliss-reactive ketones (excluding diaryl/α,β-unsaturated/α-hetero) is 1. The molecule has 0 spiro atoms. The summed E-state index contributed by atoms with van der Waals surface area (Å²) in [5.41, 5.74) is 1.15. The molecule has 0 fully saturated rings. The number of hydrogen-bond acceptors (Lipinski definition) is 3. The summed E-state index contributed by atoms with van der Waals surface area (Å²) in [6.45, 7) is 5.88. The van der Waals surface area contributed by atoms with E-state index in [1.54, 1.807) is 48.5 Å². The van der Waals surface area contributed by atoms with Gasteiger partial charge in [0.2, 0.25) is 0 Å². The first-order chi connectivity index (χ1) is 10.7. The maximum atomic E-state index is 11.9.